The van der Waals surface area contributed by atoms with Gasteiger partial charge in [0.1, 0.15) is 5.75 Å². The Morgan fingerprint density at radius 2 is 1.97 bits per heavy atom. The molecule has 1 aliphatic rings. The molecular weight excluding hydrogens is 523 g/mol. The molecule has 2 N–H and O–H groups in total. The van der Waals surface area contributed by atoms with Gasteiger partial charge in [-0.25, -0.2) is 9.97 Å². The molecule has 0 bridgehead atoms. The van der Waals surface area contributed by atoms with Crippen LogP contribution in [0.25, 0.3) is 21.3 Å². The SMILES string of the molecule is Cn1c(Nc2nc3ccc(OC(F)(F)F)cc3s2)nc2cc(C(=O)CCC(=O)N3CCCC(O)C3)ccc21. The third-order valence-electron chi connectivity index (χ3n) is 6.33. The van der Waals surface area contributed by atoms with Gasteiger partial charge in [0.25, 0.3) is 0 Å². The minimum absolute atomic E-state index is 0.0562. The van der Waals surface area contributed by atoms with Crippen molar-refractivity contribution in [2.45, 2.75) is 38.1 Å². The number of rotatable bonds is 7. The summed E-state index contributed by atoms with van der Waals surface area (Å²) in [5.74, 6) is -0.207. The van der Waals surface area contributed by atoms with Gasteiger partial charge in [0.05, 0.1) is 27.4 Å². The average molecular weight is 548 g/mol. The number of anilines is 2. The predicted molar refractivity (Wildman–Crippen MR) is 136 cm³/mol. The van der Waals surface area contributed by atoms with Gasteiger partial charge in [-0.1, -0.05) is 11.3 Å². The van der Waals surface area contributed by atoms with Crippen molar-refractivity contribution < 1.29 is 32.6 Å². The quantitative estimate of drug-likeness (QED) is 0.321. The average Bonchev–Trinajstić information content (AvgIpc) is 3.40. The van der Waals surface area contributed by atoms with Gasteiger partial charge in [-0.2, -0.15) is 0 Å². The van der Waals surface area contributed by atoms with Gasteiger partial charge in [-0.05, 0) is 43.2 Å². The number of piperidine rings is 1. The number of ketones is 1. The standard InChI is InChI=1S/C25H24F3N5O4S/c1-32-19-7-4-14(20(35)8-9-22(36)33-10-2-3-15(34)13-33)11-18(19)29-23(32)31-24-30-17-6-5-16(12-21(17)38-24)37-25(26,27)28/h4-7,11-12,15,34H,2-3,8-10,13H2,1H3,(H,29,30,31). The zero-order valence-electron chi connectivity index (χ0n) is 20.3. The Hall–Kier alpha value is -3.71. The normalized spacial score (nSPS) is 16.2. The third kappa shape index (κ3) is 5.73. The maximum atomic E-state index is 12.8. The number of aryl methyl sites for hydroxylation is 1. The lowest BCUT2D eigenvalue weighted by Crippen LogP contribution is -2.42. The fraction of sp³-hybridized carbons (Fsp3) is 0.360. The van der Waals surface area contributed by atoms with Crippen molar-refractivity contribution in [3.63, 3.8) is 0 Å². The van der Waals surface area contributed by atoms with E-state index in [1.807, 2.05) is 0 Å². The number of aliphatic hydroxyl groups is 1. The Balaban J connectivity index is 1.28. The molecule has 38 heavy (non-hydrogen) atoms. The molecule has 2 aromatic carbocycles. The summed E-state index contributed by atoms with van der Waals surface area (Å²) < 4.78 is 43.8. The Kier molecular flexibility index (Phi) is 6.97. The molecule has 0 spiro atoms. The molecule has 4 aromatic rings. The number of aliphatic hydroxyl groups excluding tert-OH is 1. The Labute approximate surface area is 218 Å². The molecule has 9 nitrogen and oxygen atoms in total. The van der Waals surface area contributed by atoms with Crippen molar-refractivity contribution in [2.24, 2.45) is 7.05 Å². The van der Waals surface area contributed by atoms with Gasteiger partial charge in [0, 0.05) is 44.6 Å². The molecule has 13 heteroatoms. The minimum atomic E-state index is -4.78. The molecule has 200 valence electrons. The second-order valence-corrected chi connectivity index (χ2v) is 10.1. The topological polar surface area (TPSA) is 110 Å². The van der Waals surface area contributed by atoms with Crippen LogP contribution < -0.4 is 10.1 Å². The first kappa shape index (κ1) is 25.9. The van der Waals surface area contributed by atoms with E-state index in [0.717, 1.165) is 23.3 Å². The van der Waals surface area contributed by atoms with Crippen molar-refractivity contribution in [1.29, 1.82) is 0 Å². The Morgan fingerprint density at radius 3 is 2.74 bits per heavy atom. The number of fused-ring (bicyclic) bond motifs is 2. The van der Waals surface area contributed by atoms with Gasteiger partial charge in [0.2, 0.25) is 11.9 Å². The molecule has 3 heterocycles. The number of hydrogen-bond acceptors (Lipinski definition) is 8. The second-order valence-electron chi connectivity index (χ2n) is 9.08. The fourth-order valence-corrected chi connectivity index (χ4v) is 5.33. The number of thiazole rings is 1. The van der Waals surface area contributed by atoms with E-state index in [9.17, 15) is 27.9 Å². The molecular formula is C25H24F3N5O4S. The first-order valence-corrected chi connectivity index (χ1v) is 12.8. The first-order chi connectivity index (χ1) is 18.1. The highest BCUT2D eigenvalue weighted by molar-refractivity contribution is 7.22. The van der Waals surface area contributed by atoms with Crippen LogP contribution in [0.3, 0.4) is 0 Å². The van der Waals surface area contributed by atoms with E-state index >= 15 is 0 Å². The van der Waals surface area contributed by atoms with Crippen LogP contribution in [0.1, 0.15) is 36.0 Å². The molecule has 1 saturated heterocycles. The lowest BCUT2D eigenvalue weighted by Gasteiger charge is -2.30. The summed E-state index contributed by atoms with van der Waals surface area (Å²) in [5, 5.41) is 13.3. The lowest BCUT2D eigenvalue weighted by atomic mass is 10.0. The molecule has 2 aromatic heterocycles. The number of imidazole rings is 1. The molecule has 1 amide bonds. The molecule has 5 rings (SSSR count). The van der Waals surface area contributed by atoms with Crippen LogP contribution in [0.2, 0.25) is 0 Å². The van der Waals surface area contributed by atoms with Gasteiger partial charge >= 0.3 is 6.36 Å². The number of nitrogens with zero attached hydrogens (tertiary/aromatic N) is 4. The van der Waals surface area contributed by atoms with Crippen LogP contribution in [-0.4, -0.2) is 61.8 Å². The number of nitrogens with one attached hydrogen (secondary N) is 1. The second kappa shape index (κ2) is 10.2. The number of alkyl halides is 3. The van der Waals surface area contributed by atoms with Crippen molar-refractivity contribution in [3.05, 3.63) is 42.0 Å². The van der Waals surface area contributed by atoms with Crippen LogP contribution in [0, 0.1) is 0 Å². The molecule has 0 saturated carbocycles. The minimum Gasteiger partial charge on any atom is -0.406 e. The highest BCUT2D eigenvalue weighted by Gasteiger charge is 2.31. The molecule has 0 radical (unpaired) electrons. The summed E-state index contributed by atoms with van der Waals surface area (Å²) >= 11 is 1.15. The lowest BCUT2D eigenvalue weighted by molar-refractivity contribution is -0.274. The zero-order chi connectivity index (χ0) is 27.0. The Bertz CT molecular complexity index is 1520. The van der Waals surface area contributed by atoms with Crippen LogP contribution in [0.5, 0.6) is 5.75 Å². The highest BCUT2D eigenvalue weighted by atomic mass is 32.1. The molecule has 1 atom stereocenters. The number of β-amino-alcohol motifs (C(OH)–C–C–N with tert-alkyl or cyclic N) is 1. The number of ether oxygens (including phenoxy) is 1. The van der Waals surface area contributed by atoms with Gasteiger partial charge in [-0.3, -0.25) is 9.59 Å². The number of Topliss-reactive ketones (excluding diaryl/α,β-unsaturated/α-hetero) is 1. The fourth-order valence-electron chi connectivity index (χ4n) is 4.44. The van der Waals surface area contributed by atoms with Crippen molar-refractivity contribution in [3.8, 4) is 5.75 Å². The number of aromatic nitrogens is 3. The van der Waals surface area contributed by atoms with Crippen molar-refractivity contribution in [1.82, 2.24) is 19.4 Å². The highest BCUT2D eigenvalue weighted by Crippen LogP contribution is 2.33. The van der Waals surface area contributed by atoms with Crippen molar-refractivity contribution >= 4 is 55.4 Å². The van der Waals surface area contributed by atoms with Gasteiger partial charge in [0.15, 0.2) is 10.9 Å². The van der Waals surface area contributed by atoms with E-state index in [1.165, 1.54) is 18.2 Å². The number of likely N-dealkylation sites (tertiary alicyclic amines) is 1. The number of hydrogen-bond donors (Lipinski definition) is 2. The maximum Gasteiger partial charge on any atom is 0.573 e. The number of benzene rings is 2. The van der Waals surface area contributed by atoms with Crippen LogP contribution in [-0.2, 0) is 11.8 Å². The third-order valence-corrected chi connectivity index (χ3v) is 7.26. The smallest absolute Gasteiger partial charge is 0.406 e. The van der Waals surface area contributed by atoms with E-state index in [4.69, 9.17) is 0 Å². The number of halogens is 3. The van der Waals surface area contributed by atoms with Gasteiger partial charge < -0.3 is 24.6 Å². The van der Waals surface area contributed by atoms with E-state index in [1.54, 1.807) is 34.7 Å². The zero-order valence-corrected chi connectivity index (χ0v) is 21.1. The first-order valence-electron chi connectivity index (χ1n) is 11.9. The van der Waals surface area contributed by atoms with E-state index in [2.05, 4.69) is 20.0 Å². The van der Waals surface area contributed by atoms with Crippen LogP contribution in [0.15, 0.2) is 36.4 Å². The van der Waals surface area contributed by atoms with Crippen LogP contribution >= 0.6 is 11.3 Å². The van der Waals surface area contributed by atoms with E-state index in [-0.39, 0.29) is 30.3 Å². The summed E-state index contributed by atoms with van der Waals surface area (Å²) in [6.45, 7) is 0.900. The van der Waals surface area contributed by atoms with Gasteiger partial charge in [-0.15, -0.1) is 13.2 Å². The molecule has 0 aliphatic carbocycles. The van der Waals surface area contributed by atoms with Crippen molar-refractivity contribution in [2.75, 3.05) is 18.4 Å². The summed E-state index contributed by atoms with van der Waals surface area (Å²) in [6, 6.07) is 9.04. The van der Waals surface area contributed by atoms with Crippen LogP contribution in [0.4, 0.5) is 24.3 Å². The molecule has 1 fully saturated rings. The summed E-state index contributed by atoms with van der Waals surface area (Å²) in [6.07, 6.45) is -3.73. The van der Waals surface area contributed by atoms with E-state index in [0.29, 0.717) is 51.9 Å². The summed E-state index contributed by atoms with van der Waals surface area (Å²) in [5.41, 5.74) is 2.26. The molecule has 1 aliphatic heterocycles. The largest absolute Gasteiger partial charge is 0.573 e. The maximum absolute atomic E-state index is 12.8. The molecule has 1 unspecified atom stereocenters. The summed E-state index contributed by atoms with van der Waals surface area (Å²) in [4.78, 5) is 35.8. The number of carbonyl (C=O) groups is 2. The Morgan fingerprint density at radius 1 is 1.16 bits per heavy atom. The predicted octanol–water partition coefficient (Wildman–Crippen LogP) is 4.77. The number of amides is 1. The number of carbonyl (C=O) groups excluding carboxylic acids is 2. The van der Waals surface area contributed by atoms with E-state index < -0.39 is 12.5 Å². The monoisotopic (exact) mass is 547 g/mol. The summed E-state index contributed by atoms with van der Waals surface area (Å²) in [7, 11) is 1.79.